The normalized spacial score (nSPS) is 23.3. The minimum absolute atomic E-state index is 0.518. The second-order valence-corrected chi connectivity index (χ2v) is 5.17. The Kier molecular flexibility index (Phi) is 4.04. The maximum Gasteiger partial charge on any atom is 0.161 e. The molecular formula is C16H21NO2. The molecule has 3 rings (SSSR count). The van der Waals surface area contributed by atoms with Crippen molar-refractivity contribution in [2.75, 3.05) is 19.8 Å². The van der Waals surface area contributed by atoms with Gasteiger partial charge in [-0.05, 0) is 37.1 Å². The number of benzene rings is 1. The Morgan fingerprint density at radius 2 is 1.95 bits per heavy atom. The molecule has 3 nitrogen and oxygen atoms in total. The zero-order valence-corrected chi connectivity index (χ0v) is 11.2. The van der Waals surface area contributed by atoms with Gasteiger partial charge in [0.2, 0.25) is 0 Å². The molecule has 0 saturated carbocycles. The third kappa shape index (κ3) is 3.29. The van der Waals surface area contributed by atoms with Gasteiger partial charge in [-0.1, -0.05) is 24.6 Å². The van der Waals surface area contributed by atoms with E-state index in [9.17, 15) is 0 Å². The van der Waals surface area contributed by atoms with E-state index in [-0.39, 0.29) is 0 Å². The number of piperidine rings is 1. The summed E-state index contributed by atoms with van der Waals surface area (Å²) in [5.41, 5.74) is 1.18. The van der Waals surface area contributed by atoms with Gasteiger partial charge in [0.05, 0.1) is 13.2 Å². The van der Waals surface area contributed by atoms with Gasteiger partial charge < -0.3 is 14.8 Å². The van der Waals surface area contributed by atoms with E-state index in [1.54, 1.807) is 0 Å². The van der Waals surface area contributed by atoms with Crippen molar-refractivity contribution in [2.24, 2.45) is 0 Å². The molecule has 2 aliphatic heterocycles. The molecule has 0 aliphatic carbocycles. The van der Waals surface area contributed by atoms with Crippen LogP contribution in [-0.2, 0) is 0 Å². The number of hydrogen-bond donors (Lipinski definition) is 1. The van der Waals surface area contributed by atoms with Gasteiger partial charge in [-0.3, -0.25) is 0 Å². The van der Waals surface area contributed by atoms with Crippen LogP contribution < -0.4 is 14.8 Å². The molecular weight excluding hydrogens is 238 g/mol. The van der Waals surface area contributed by atoms with Gasteiger partial charge in [0.1, 0.15) is 0 Å². The van der Waals surface area contributed by atoms with Crippen LogP contribution in [0.5, 0.6) is 11.5 Å². The molecule has 1 unspecified atom stereocenters. The molecule has 19 heavy (non-hydrogen) atoms. The van der Waals surface area contributed by atoms with E-state index >= 15 is 0 Å². The molecule has 0 aromatic heterocycles. The fourth-order valence-corrected chi connectivity index (χ4v) is 2.55. The van der Waals surface area contributed by atoms with Crippen LogP contribution in [0.1, 0.15) is 31.2 Å². The smallest absolute Gasteiger partial charge is 0.161 e. The maximum atomic E-state index is 5.71. The number of fused-ring (bicyclic) bond motifs is 1. The van der Waals surface area contributed by atoms with Crippen LogP contribution in [0.15, 0.2) is 24.3 Å². The quantitative estimate of drug-likeness (QED) is 0.885. The predicted octanol–water partition coefficient (Wildman–Crippen LogP) is 3.00. The monoisotopic (exact) mass is 259 g/mol. The lowest BCUT2D eigenvalue weighted by Gasteiger charge is -2.20. The Hall–Kier alpha value is -1.48. The molecule has 2 aliphatic rings. The summed E-state index contributed by atoms with van der Waals surface area (Å²) in [5, 5.41) is 3.52. The fraction of sp³-hybridized carbons (Fsp3) is 0.500. The van der Waals surface area contributed by atoms with E-state index in [0.29, 0.717) is 6.04 Å². The van der Waals surface area contributed by atoms with Gasteiger partial charge in [-0.25, -0.2) is 0 Å². The zero-order chi connectivity index (χ0) is 12.9. The Labute approximate surface area is 114 Å². The Balaban J connectivity index is 1.70. The first-order chi connectivity index (χ1) is 9.42. The summed E-state index contributed by atoms with van der Waals surface area (Å²) >= 11 is 0. The molecule has 0 spiro atoms. The summed E-state index contributed by atoms with van der Waals surface area (Å²) in [5.74, 6) is 1.74. The van der Waals surface area contributed by atoms with Crippen molar-refractivity contribution in [2.45, 2.75) is 31.7 Å². The molecule has 3 heteroatoms. The van der Waals surface area contributed by atoms with Crippen molar-refractivity contribution in [3.63, 3.8) is 0 Å². The highest BCUT2D eigenvalue weighted by Crippen LogP contribution is 2.30. The average molecular weight is 259 g/mol. The van der Waals surface area contributed by atoms with Crippen molar-refractivity contribution in [1.82, 2.24) is 5.32 Å². The van der Waals surface area contributed by atoms with Gasteiger partial charge in [0.25, 0.3) is 0 Å². The van der Waals surface area contributed by atoms with Gasteiger partial charge in [-0.2, -0.15) is 0 Å². The molecule has 1 saturated heterocycles. The molecule has 1 atom stereocenters. The fourth-order valence-electron chi connectivity index (χ4n) is 2.55. The molecule has 102 valence electrons. The molecule has 1 N–H and O–H groups in total. The van der Waals surface area contributed by atoms with Crippen molar-refractivity contribution < 1.29 is 9.47 Å². The highest BCUT2D eigenvalue weighted by atomic mass is 16.5. The van der Waals surface area contributed by atoms with E-state index in [4.69, 9.17) is 9.47 Å². The van der Waals surface area contributed by atoms with Crippen LogP contribution in [0.3, 0.4) is 0 Å². The summed E-state index contributed by atoms with van der Waals surface area (Å²) in [6, 6.07) is 6.69. The lowest BCUT2D eigenvalue weighted by Crippen LogP contribution is -2.31. The van der Waals surface area contributed by atoms with Crippen LogP contribution in [-0.4, -0.2) is 25.8 Å². The predicted molar refractivity (Wildman–Crippen MR) is 76.7 cm³/mol. The van der Waals surface area contributed by atoms with Crippen LogP contribution in [0.4, 0.5) is 0 Å². The SMILES string of the molecule is C(=C\C1CCCCN1)/c1ccc2c(c1)OCCCO2. The van der Waals surface area contributed by atoms with E-state index < -0.39 is 0 Å². The standard InChI is InChI=1S/C16H21NO2/c1-2-9-17-14(4-1)7-5-13-6-8-15-16(12-13)19-11-3-10-18-15/h5-8,12,14,17H,1-4,9-11H2/b7-5+. The summed E-state index contributed by atoms with van der Waals surface area (Å²) in [7, 11) is 0. The maximum absolute atomic E-state index is 5.71. The third-order valence-corrected chi connectivity index (χ3v) is 3.64. The summed E-state index contributed by atoms with van der Waals surface area (Å²) in [6.45, 7) is 2.62. The van der Waals surface area contributed by atoms with Crippen LogP contribution in [0, 0.1) is 0 Å². The Morgan fingerprint density at radius 3 is 2.79 bits per heavy atom. The molecule has 2 heterocycles. The van der Waals surface area contributed by atoms with Gasteiger partial charge in [0, 0.05) is 12.5 Å². The molecule has 1 aromatic rings. The Morgan fingerprint density at radius 1 is 1.05 bits per heavy atom. The number of rotatable bonds is 2. The second-order valence-electron chi connectivity index (χ2n) is 5.17. The lowest BCUT2D eigenvalue weighted by molar-refractivity contribution is 0.297. The van der Waals surface area contributed by atoms with E-state index in [1.165, 1.54) is 24.8 Å². The number of nitrogens with one attached hydrogen (secondary N) is 1. The number of hydrogen-bond acceptors (Lipinski definition) is 3. The first-order valence-corrected chi connectivity index (χ1v) is 7.23. The van der Waals surface area contributed by atoms with Crippen molar-refractivity contribution in [3.8, 4) is 11.5 Å². The molecule has 1 aromatic carbocycles. The minimum atomic E-state index is 0.518. The summed E-state index contributed by atoms with van der Waals surface area (Å²) in [6.07, 6.45) is 9.25. The number of ether oxygens (including phenoxy) is 2. The van der Waals surface area contributed by atoms with Crippen molar-refractivity contribution >= 4 is 6.08 Å². The van der Waals surface area contributed by atoms with E-state index in [2.05, 4.69) is 29.6 Å². The first-order valence-electron chi connectivity index (χ1n) is 7.23. The van der Waals surface area contributed by atoms with Crippen LogP contribution in [0.25, 0.3) is 6.08 Å². The van der Waals surface area contributed by atoms with Crippen LogP contribution >= 0.6 is 0 Å². The van der Waals surface area contributed by atoms with E-state index in [1.807, 2.05) is 6.07 Å². The second kappa shape index (κ2) is 6.11. The summed E-state index contributed by atoms with van der Waals surface area (Å²) in [4.78, 5) is 0. The van der Waals surface area contributed by atoms with Crippen molar-refractivity contribution in [3.05, 3.63) is 29.8 Å². The van der Waals surface area contributed by atoms with Gasteiger partial charge in [0.15, 0.2) is 11.5 Å². The highest BCUT2D eigenvalue weighted by molar-refractivity contribution is 5.56. The molecule has 0 radical (unpaired) electrons. The Bertz CT molecular complexity index is 450. The molecule has 0 bridgehead atoms. The van der Waals surface area contributed by atoms with E-state index in [0.717, 1.165) is 37.7 Å². The zero-order valence-electron chi connectivity index (χ0n) is 11.2. The summed E-state index contributed by atoms with van der Waals surface area (Å²) < 4.78 is 11.3. The largest absolute Gasteiger partial charge is 0.490 e. The lowest BCUT2D eigenvalue weighted by atomic mass is 10.0. The average Bonchev–Trinajstić information content (AvgIpc) is 2.71. The molecule has 1 fully saturated rings. The van der Waals surface area contributed by atoms with Gasteiger partial charge >= 0.3 is 0 Å². The van der Waals surface area contributed by atoms with Crippen LogP contribution in [0.2, 0.25) is 0 Å². The highest BCUT2D eigenvalue weighted by Gasteiger charge is 2.11. The minimum Gasteiger partial charge on any atom is -0.490 e. The first kappa shape index (κ1) is 12.5. The molecule has 0 amide bonds. The van der Waals surface area contributed by atoms with Crippen molar-refractivity contribution in [1.29, 1.82) is 0 Å². The topological polar surface area (TPSA) is 30.5 Å². The van der Waals surface area contributed by atoms with Gasteiger partial charge in [-0.15, -0.1) is 0 Å². The third-order valence-electron chi connectivity index (χ3n) is 3.64.